The molecule has 1 unspecified atom stereocenters. The minimum Gasteiger partial charge on any atom is -0.342 e. The molecule has 1 atom stereocenters. The summed E-state index contributed by atoms with van der Waals surface area (Å²) in [6, 6.07) is 3.74. The van der Waals surface area contributed by atoms with Crippen LogP contribution in [0.2, 0.25) is 0 Å². The van der Waals surface area contributed by atoms with Crippen molar-refractivity contribution in [2.24, 2.45) is 5.92 Å². The maximum absolute atomic E-state index is 12.6. The number of piperidine rings is 1. The Morgan fingerprint density at radius 1 is 1.36 bits per heavy atom. The van der Waals surface area contributed by atoms with Gasteiger partial charge in [0.2, 0.25) is 17.7 Å². The van der Waals surface area contributed by atoms with E-state index in [1.54, 1.807) is 11.1 Å². The van der Waals surface area contributed by atoms with Crippen molar-refractivity contribution in [1.82, 2.24) is 20.0 Å². The summed E-state index contributed by atoms with van der Waals surface area (Å²) in [5, 5.41) is 6.80. The lowest BCUT2D eigenvalue weighted by atomic mass is 9.96. The van der Waals surface area contributed by atoms with Crippen LogP contribution in [0.3, 0.4) is 0 Å². The number of pyridine rings is 1. The highest BCUT2D eigenvalue weighted by molar-refractivity contribution is 5.92. The van der Waals surface area contributed by atoms with Gasteiger partial charge in [-0.2, -0.15) is 4.98 Å². The number of anilines is 1. The SMILES string of the molecule is CCCc1noc(CCC(=O)N2CCCC(C(=O)Nc3ncccc3C)C2)n1. The summed E-state index contributed by atoms with van der Waals surface area (Å²) in [4.78, 5) is 35.5. The summed E-state index contributed by atoms with van der Waals surface area (Å²) in [6.07, 6.45) is 5.70. The van der Waals surface area contributed by atoms with Crippen molar-refractivity contribution in [3.8, 4) is 0 Å². The predicted octanol–water partition coefficient (Wildman–Crippen LogP) is 2.54. The van der Waals surface area contributed by atoms with E-state index in [1.807, 2.05) is 19.1 Å². The normalized spacial score (nSPS) is 16.8. The molecule has 8 heteroatoms. The minimum atomic E-state index is -0.223. The molecule has 0 aliphatic carbocycles. The van der Waals surface area contributed by atoms with Crippen LogP contribution in [-0.4, -0.2) is 44.9 Å². The van der Waals surface area contributed by atoms with Gasteiger partial charge in [0.15, 0.2) is 5.82 Å². The molecule has 150 valence electrons. The Morgan fingerprint density at radius 3 is 3.00 bits per heavy atom. The molecular weight excluding hydrogens is 358 g/mol. The Kier molecular flexibility index (Phi) is 6.73. The number of nitrogens with zero attached hydrogens (tertiary/aromatic N) is 4. The zero-order valence-corrected chi connectivity index (χ0v) is 16.5. The van der Waals surface area contributed by atoms with Gasteiger partial charge in [0.25, 0.3) is 0 Å². The number of aryl methyl sites for hydroxylation is 3. The zero-order valence-electron chi connectivity index (χ0n) is 16.5. The molecule has 0 aromatic carbocycles. The Bertz CT molecular complexity index is 820. The third-order valence-corrected chi connectivity index (χ3v) is 4.93. The summed E-state index contributed by atoms with van der Waals surface area (Å²) in [7, 11) is 0. The smallest absolute Gasteiger partial charge is 0.230 e. The van der Waals surface area contributed by atoms with E-state index in [9.17, 15) is 9.59 Å². The molecule has 2 aromatic heterocycles. The van der Waals surface area contributed by atoms with Crippen molar-refractivity contribution in [2.45, 2.75) is 52.4 Å². The summed E-state index contributed by atoms with van der Waals surface area (Å²) in [6.45, 7) is 5.07. The van der Waals surface area contributed by atoms with Crippen molar-refractivity contribution in [3.05, 3.63) is 35.6 Å². The number of carbonyl (C=O) groups is 2. The Morgan fingerprint density at radius 2 is 2.21 bits per heavy atom. The molecule has 2 aromatic rings. The average molecular weight is 385 g/mol. The van der Waals surface area contributed by atoms with Gasteiger partial charge in [-0.25, -0.2) is 4.98 Å². The Labute approximate surface area is 164 Å². The van der Waals surface area contributed by atoms with Gasteiger partial charge in [0.1, 0.15) is 5.82 Å². The van der Waals surface area contributed by atoms with Crippen LogP contribution >= 0.6 is 0 Å². The van der Waals surface area contributed by atoms with Gasteiger partial charge < -0.3 is 14.7 Å². The first-order chi connectivity index (χ1) is 13.6. The van der Waals surface area contributed by atoms with Gasteiger partial charge in [-0.1, -0.05) is 18.1 Å². The molecule has 3 rings (SSSR count). The first kappa shape index (κ1) is 20.0. The minimum absolute atomic E-state index is 0.0155. The number of carbonyl (C=O) groups excluding carboxylic acids is 2. The van der Waals surface area contributed by atoms with Crippen LogP contribution in [0.1, 0.15) is 49.9 Å². The maximum Gasteiger partial charge on any atom is 0.230 e. The maximum atomic E-state index is 12.6. The second-order valence-corrected chi connectivity index (χ2v) is 7.19. The van der Waals surface area contributed by atoms with Gasteiger partial charge in [-0.15, -0.1) is 0 Å². The van der Waals surface area contributed by atoms with E-state index in [4.69, 9.17) is 4.52 Å². The van der Waals surface area contributed by atoms with Crippen LogP contribution in [0.15, 0.2) is 22.9 Å². The zero-order chi connectivity index (χ0) is 19.9. The molecule has 0 saturated carbocycles. The first-order valence-electron chi connectivity index (χ1n) is 9.88. The highest BCUT2D eigenvalue weighted by Crippen LogP contribution is 2.20. The van der Waals surface area contributed by atoms with Crippen LogP contribution in [0.5, 0.6) is 0 Å². The molecule has 0 bridgehead atoms. The van der Waals surface area contributed by atoms with Gasteiger partial charge in [-0.05, 0) is 37.8 Å². The highest BCUT2D eigenvalue weighted by Gasteiger charge is 2.28. The molecule has 0 radical (unpaired) electrons. The molecule has 2 amide bonds. The first-order valence-corrected chi connectivity index (χ1v) is 9.88. The van der Waals surface area contributed by atoms with E-state index < -0.39 is 0 Å². The van der Waals surface area contributed by atoms with E-state index in [2.05, 4.69) is 27.4 Å². The van der Waals surface area contributed by atoms with E-state index in [0.29, 0.717) is 43.5 Å². The average Bonchev–Trinajstić information content (AvgIpc) is 3.16. The molecule has 1 fully saturated rings. The molecule has 1 N–H and O–H groups in total. The largest absolute Gasteiger partial charge is 0.342 e. The van der Waals surface area contributed by atoms with Gasteiger partial charge in [-0.3, -0.25) is 9.59 Å². The Balaban J connectivity index is 1.51. The lowest BCUT2D eigenvalue weighted by Crippen LogP contribution is -2.44. The lowest BCUT2D eigenvalue weighted by Gasteiger charge is -2.32. The number of aromatic nitrogens is 3. The fraction of sp³-hybridized carbons (Fsp3) is 0.550. The van der Waals surface area contributed by atoms with E-state index in [1.165, 1.54) is 0 Å². The molecular formula is C20H27N5O3. The van der Waals surface area contributed by atoms with Gasteiger partial charge in [0, 0.05) is 38.5 Å². The fourth-order valence-electron chi connectivity index (χ4n) is 3.34. The Hall–Kier alpha value is -2.77. The van der Waals surface area contributed by atoms with E-state index in [-0.39, 0.29) is 17.7 Å². The third kappa shape index (κ3) is 5.15. The second kappa shape index (κ2) is 9.43. The number of rotatable bonds is 7. The van der Waals surface area contributed by atoms with Crippen molar-refractivity contribution >= 4 is 17.6 Å². The number of hydrogen-bond donors (Lipinski definition) is 1. The summed E-state index contributed by atoms with van der Waals surface area (Å²) in [5.74, 6) is 1.47. The molecule has 1 aliphatic heterocycles. The van der Waals surface area contributed by atoms with Crippen LogP contribution in [0.4, 0.5) is 5.82 Å². The van der Waals surface area contributed by atoms with E-state index >= 15 is 0 Å². The van der Waals surface area contributed by atoms with Crippen LogP contribution < -0.4 is 5.32 Å². The number of nitrogens with one attached hydrogen (secondary N) is 1. The summed E-state index contributed by atoms with van der Waals surface area (Å²) < 4.78 is 5.19. The number of amides is 2. The molecule has 1 saturated heterocycles. The van der Waals surface area contributed by atoms with Crippen molar-refractivity contribution in [3.63, 3.8) is 0 Å². The number of hydrogen-bond acceptors (Lipinski definition) is 6. The van der Waals surface area contributed by atoms with Crippen LogP contribution in [0, 0.1) is 12.8 Å². The highest BCUT2D eigenvalue weighted by atomic mass is 16.5. The summed E-state index contributed by atoms with van der Waals surface area (Å²) in [5.41, 5.74) is 0.918. The summed E-state index contributed by atoms with van der Waals surface area (Å²) >= 11 is 0. The van der Waals surface area contributed by atoms with Crippen molar-refractivity contribution < 1.29 is 14.1 Å². The quantitative estimate of drug-likeness (QED) is 0.786. The van der Waals surface area contributed by atoms with E-state index in [0.717, 1.165) is 31.2 Å². The molecule has 0 spiro atoms. The van der Waals surface area contributed by atoms with Crippen molar-refractivity contribution in [2.75, 3.05) is 18.4 Å². The topological polar surface area (TPSA) is 101 Å². The molecule has 8 nitrogen and oxygen atoms in total. The van der Waals surface area contributed by atoms with Gasteiger partial charge in [0.05, 0.1) is 5.92 Å². The van der Waals surface area contributed by atoms with Crippen LogP contribution in [0.25, 0.3) is 0 Å². The van der Waals surface area contributed by atoms with Crippen LogP contribution in [-0.2, 0) is 22.4 Å². The lowest BCUT2D eigenvalue weighted by molar-refractivity contribution is -0.134. The molecule has 3 heterocycles. The predicted molar refractivity (Wildman–Crippen MR) is 104 cm³/mol. The van der Waals surface area contributed by atoms with Gasteiger partial charge >= 0.3 is 0 Å². The molecule has 1 aliphatic rings. The second-order valence-electron chi connectivity index (χ2n) is 7.19. The monoisotopic (exact) mass is 385 g/mol. The number of likely N-dealkylation sites (tertiary alicyclic amines) is 1. The third-order valence-electron chi connectivity index (χ3n) is 4.93. The fourth-order valence-corrected chi connectivity index (χ4v) is 3.34. The van der Waals surface area contributed by atoms with Crippen molar-refractivity contribution in [1.29, 1.82) is 0 Å². The standard InChI is InChI=1S/C20H27N5O3/c1-3-6-16-22-17(28-24-16)9-10-18(26)25-12-5-8-15(13-25)20(27)23-19-14(2)7-4-11-21-19/h4,7,11,15H,3,5-6,8-10,12-13H2,1-2H3,(H,21,23,27). The molecule has 28 heavy (non-hydrogen) atoms.